The van der Waals surface area contributed by atoms with Crippen LogP contribution in [0.4, 0.5) is 0 Å². The molecule has 2 nitrogen and oxygen atoms in total. The molecule has 0 aliphatic heterocycles. The zero-order valence-electron chi connectivity index (χ0n) is 6.80. The van der Waals surface area contributed by atoms with E-state index in [4.69, 9.17) is 9.47 Å². The van der Waals surface area contributed by atoms with Gasteiger partial charge in [-0.1, -0.05) is 0 Å². The number of methoxy groups -OCH3 is 1. The molecule has 0 saturated heterocycles. The van der Waals surface area contributed by atoms with Gasteiger partial charge < -0.3 is 16.4 Å². The summed E-state index contributed by atoms with van der Waals surface area (Å²) in [6.07, 6.45) is 1.03. The van der Waals surface area contributed by atoms with E-state index in [1.54, 1.807) is 7.11 Å². The van der Waals surface area contributed by atoms with E-state index >= 15 is 0 Å². The molecular weight excluding hydrogens is 205 g/mol. The predicted molar refractivity (Wildman–Crippen MR) is 37.3 cm³/mol. The van der Waals surface area contributed by atoms with Crippen molar-refractivity contribution < 1.29 is 42.2 Å². The summed E-state index contributed by atoms with van der Waals surface area (Å²) in [5, 5.41) is 0. The molecule has 0 aromatic rings. The van der Waals surface area contributed by atoms with Crippen LogP contribution >= 0.6 is 0 Å². The van der Waals surface area contributed by atoms with Crippen LogP contribution in [0.1, 0.15) is 13.3 Å². The molecule has 0 rings (SSSR count). The van der Waals surface area contributed by atoms with Crippen LogP contribution in [0.5, 0.6) is 0 Å². The standard InChI is InChI=1S/C7H15O2.Y/c1-4-5-9-7(2)6-8-3;/h7H,1,4-6H2,2-3H3;/q-1;. The number of hydrogen-bond acceptors (Lipinski definition) is 2. The second kappa shape index (κ2) is 10.0. The minimum atomic E-state index is 0. The first-order chi connectivity index (χ1) is 4.31. The molecule has 0 aromatic carbocycles. The molecule has 0 amide bonds. The number of rotatable bonds is 5. The van der Waals surface area contributed by atoms with E-state index in [2.05, 4.69) is 6.92 Å². The van der Waals surface area contributed by atoms with Crippen LogP contribution in [0, 0.1) is 6.92 Å². The van der Waals surface area contributed by atoms with Crippen molar-refractivity contribution in [1.29, 1.82) is 0 Å². The maximum atomic E-state index is 5.24. The molecule has 3 heteroatoms. The first-order valence-electron chi connectivity index (χ1n) is 3.21. The van der Waals surface area contributed by atoms with Gasteiger partial charge in [0.1, 0.15) is 0 Å². The second-order valence-corrected chi connectivity index (χ2v) is 1.99. The summed E-state index contributed by atoms with van der Waals surface area (Å²) in [5.41, 5.74) is 0. The third-order valence-electron chi connectivity index (χ3n) is 0.948. The number of hydrogen-bond donors (Lipinski definition) is 0. The van der Waals surface area contributed by atoms with Gasteiger partial charge in [0.15, 0.2) is 0 Å². The molecule has 59 valence electrons. The van der Waals surface area contributed by atoms with Crippen LogP contribution in [0.15, 0.2) is 0 Å². The Kier molecular flexibility index (Phi) is 13.6. The molecule has 0 N–H and O–H groups in total. The van der Waals surface area contributed by atoms with Crippen molar-refractivity contribution in [3.8, 4) is 0 Å². The molecule has 0 aliphatic rings. The molecule has 1 atom stereocenters. The molecular formula is C7H15O2Y-. The van der Waals surface area contributed by atoms with Crippen molar-refractivity contribution >= 4 is 0 Å². The molecule has 0 saturated carbocycles. The van der Waals surface area contributed by atoms with Crippen molar-refractivity contribution in [1.82, 2.24) is 0 Å². The minimum Gasteiger partial charge on any atom is -0.382 e. The Morgan fingerprint density at radius 3 is 2.50 bits per heavy atom. The monoisotopic (exact) mass is 220 g/mol. The Balaban J connectivity index is 0. The Bertz CT molecular complexity index is 59.6. The van der Waals surface area contributed by atoms with Gasteiger partial charge >= 0.3 is 0 Å². The van der Waals surface area contributed by atoms with Gasteiger partial charge in [-0.05, 0) is 6.92 Å². The minimum absolute atomic E-state index is 0. The fourth-order valence-corrected chi connectivity index (χ4v) is 0.567. The summed E-state index contributed by atoms with van der Waals surface area (Å²) < 4.78 is 10.1. The van der Waals surface area contributed by atoms with Gasteiger partial charge in [-0.3, -0.25) is 0 Å². The molecule has 1 unspecified atom stereocenters. The van der Waals surface area contributed by atoms with Crippen LogP contribution in [-0.4, -0.2) is 26.4 Å². The summed E-state index contributed by atoms with van der Waals surface area (Å²) in [5.74, 6) is 0. The summed E-state index contributed by atoms with van der Waals surface area (Å²) in [6, 6.07) is 0. The average Bonchev–Trinajstić information content (AvgIpc) is 1.85. The van der Waals surface area contributed by atoms with E-state index in [1.807, 2.05) is 6.92 Å². The maximum Gasteiger partial charge on any atom is 0.0778 e. The fraction of sp³-hybridized carbons (Fsp3) is 0.857. The van der Waals surface area contributed by atoms with Gasteiger partial charge in [-0.25, -0.2) is 0 Å². The smallest absolute Gasteiger partial charge is 0.0778 e. The van der Waals surface area contributed by atoms with Crippen molar-refractivity contribution in [2.75, 3.05) is 20.3 Å². The van der Waals surface area contributed by atoms with Crippen LogP contribution < -0.4 is 0 Å². The Hall–Kier alpha value is 1.02. The van der Waals surface area contributed by atoms with Gasteiger partial charge in [-0.15, -0.1) is 0 Å². The first kappa shape index (κ1) is 13.6. The maximum absolute atomic E-state index is 5.24. The summed E-state index contributed by atoms with van der Waals surface area (Å²) >= 11 is 0. The van der Waals surface area contributed by atoms with Crippen molar-refractivity contribution in [2.24, 2.45) is 0 Å². The van der Waals surface area contributed by atoms with Gasteiger partial charge in [0.25, 0.3) is 0 Å². The fourth-order valence-electron chi connectivity index (χ4n) is 0.567. The van der Waals surface area contributed by atoms with E-state index < -0.39 is 0 Å². The molecule has 0 aromatic heterocycles. The van der Waals surface area contributed by atoms with Gasteiger partial charge in [0.2, 0.25) is 0 Å². The van der Waals surface area contributed by atoms with Crippen LogP contribution in [0.25, 0.3) is 0 Å². The topological polar surface area (TPSA) is 18.5 Å². The van der Waals surface area contributed by atoms with Crippen LogP contribution in [0.2, 0.25) is 0 Å². The van der Waals surface area contributed by atoms with E-state index in [-0.39, 0.29) is 38.8 Å². The second-order valence-electron chi connectivity index (χ2n) is 1.99. The molecule has 0 fully saturated rings. The number of ether oxygens (including phenoxy) is 2. The molecule has 0 heterocycles. The largest absolute Gasteiger partial charge is 0.382 e. The van der Waals surface area contributed by atoms with Crippen molar-refractivity contribution in [3.05, 3.63) is 6.92 Å². The van der Waals surface area contributed by atoms with E-state index in [9.17, 15) is 0 Å². The van der Waals surface area contributed by atoms with E-state index in [0.717, 1.165) is 13.0 Å². The summed E-state index contributed by atoms with van der Waals surface area (Å²) in [6.45, 7) is 7.03. The van der Waals surface area contributed by atoms with Crippen LogP contribution in [-0.2, 0) is 42.2 Å². The SMILES string of the molecule is [CH2-]CCOC(C)COC.[Y]. The molecule has 0 spiro atoms. The third kappa shape index (κ3) is 9.02. The third-order valence-corrected chi connectivity index (χ3v) is 0.948. The van der Waals surface area contributed by atoms with Crippen LogP contribution in [0.3, 0.4) is 0 Å². The predicted octanol–water partition coefficient (Wildman–Crippen LogP) is 1.26. The summed E-state index contributed by atoms with van der Waals surface area (Å²) in [7, 11) is 1.67. The zero-order chi connectivity index (χ0) is 7.11. The molecule has 10 heavy (non-hydrogen) atoms. The molecule has 1 radical (unpaired) electrons. The van der Waals surface area contributed by atoms with E-state index in [0.29, 0.717) is 6.61 Å². The molecule has 0 aliphatic carbocycles. The Labute approximate surface area is 88.5 Å². The van der Waals surface area contributed by atoms with Gasteiger partial charge in [-0.2, -0.15) is 6.42 Å². The summed E-state index contributed by atoms with van der Waals surface area (Å²) in [4.78, 5) is 0. The Morgan fingerprint density at radius 2 is 2.10 bits per heavy atom. The van der Waals surface area contributed by atoms with Crippen molar-refractivity contribution in [3.63, 3.8) is 0 Å². The van der Waals surface area contributed by atoms with Crippen molar-refractivity contribution in [2.45, 2.75) is 19.4 Å². The van der Waals surface area contributed by atoms with E-state index in [1.165, 1.54) is 0 Å². The zero-order valence-corrected chi connectivity index (χ0v) is 9.64. The quantitative estimate of drug-likeness (QED) is 0.649. The van der Waals surface area contributed by atoms with Gasteiger partial charge in [0.05, 0.1) is 12.7 Å². The average molecular weight is 220 g/mol. The van der Waals surface area contributed by atoms with Gasteiger partial charge in [0, 0.05) is 46.4 Å². The normalized spacial score (nSPS) is 12.3. The Morgan fingerprint density at radius 1 is 1.50 bits per heavy atom. The first-order valence-corrected chi connectivity index (χ1v) is 3.21. The molecule has 0 bridgehead atoms.